The summed E-state index contributed by atoms with van der Waals surface area (Å²) < 4.78 is 10.7. The van der Waals surface area contributed by atoms with E-state index >= 15 is 0 Å². The van der Waals surface area contributed by atoms with Gasteiger partial charge in [0.1, 0.15) is 18.1 Å². The van der Waals surface area contributed by atoms with E-state index in [1.807, 2.05) is 42.5 Å². The Morgan fingerprint density at radius 3 is 2.56 bits per heavy atom. The second-order valence-electron chi connectivity index (χ2n) is 7.67. The summed E-state index contributed by atoms with van der Waals surface area (Å²) in [6, 6.07) is 15.2. The number of unbranched alkanes of at least 4 members (excludes halogenated alkanes) is 2. The number of carboxylic acid groups (broad SMARTS) is 1. The van der Waals surface area contributed by atoms with Crippen LogP contribution in [-0.4, -0.2) is 22.2 Å². The van der Waals surface area contributed by atoms with Crippen LogP contribution in [0.2, 0.25) is 5.02 Å². The molecule has 3 rings (SSSR count). The number of nitrogens with zero attached hydrogens (tertiary/aromatic N) is 1. The average molecular weight is 456 g/mol. The largest absolute Gasteiger partial charge is 0.481 e. The van der Waals surface area contributed by atoms with E-state index in [4.69, 9.17) is 26.0 Å². The Kier molecular flexibility index (Phi) is 8.45. The smallest absolute Gasteiger partial charge is 0.311 e. The molecule has 0 saturated heterocycles. The lowest BCUT2D eigenvalue weighted by Crippen LogP contribution is -2.12. The number of esters is 1. The van der Waals surface area contributed by atoms with Crippen LogP contribution in [0.5, 0.6) is 0 Å². The number of aryl methyl sites for hydroxylation is 1. The maximum atomic E-state index is 12.5. The van der Waals surface area contributed by atoms with Gasteiger partial charge in [-0.1, -0.05) is 65.6 Å². The van der Waals surface area contributed by atoms with E-state index in [9.17, 15) is 9.59 Å². The second-order valence-corrected chi connectivity index (χ2v) is 8.08. The van der Waals surface area contributed by atoms with E-state index in [1.165, 1.54) is 11.8 Å². The van der Waals surface area contributed by atoms with Gasteiger partial charge < -0.3 is 14.4 Å². The predicted octanol–water partition coefficient (Wildman–Crippen LogP) is 6.03. The minimum atomic E-state index is -0.750. The third kappa shape index (κ3) is 6.69. The number of carbonyl (C=O) groups is 2. The van der Waals surface area contributed by atoms with E-state index in [0.717, 1.165) is 30.4 Å². The van der Waals surface area contributed by atoms with Crippen LogP contribution in [0, 0.1) is 0 Å². The molecule has 0 bridgehead atoms. The SMILES string of the molecule is C[C@@H](OC(=O)Cc1conc1-c1ccc(CCCCCC(=O)O)cc1)c1ccccc1Cl. The maximum absolute atomic E-state index is 12.5. The first kappa shape index (κ1) is 23.5. The Morgan fingerprint density at radius 1 is 1.09 bits per heavy atom. The van der Waals surface area contributed by atoms with Crippen LogP contribution in [0.3, 0.4) is 0 Å². The molecule has 6 nitrogen and oxygen atoms in total. The fraction of sp³-hybridized carbons (Fsp3) is 0.320. The molecule has 0 aliphatic heterocycles. The summed E-state index contributed by atoms with van der Waals surface area (Å²) >= 11 is 6.18. The Labute approximate surface area is 192 Å². The lowest BCUT2D eigenvalue weighted by molar-refractivity contribution is -0.147. The van der Waals surface area contributed by atoms with Crippen LogP contribution in [0.1, 0.15) is 55.4 Å². The van der Waals surface area contributed by atoms with Crippen LogP contribution >= 0.6 is 11.6 Å². The van der Waals surface area contributed by atoms with Gasteiger partial charge in [0.15, 0.2) is 0 Å². The molecule has 0 saturated carbocycles. The van der Waals surface area contributed by atoms with Crippen molar-refractivity contribution in [1.82, 2.24) is 5.16 Å². The molecule has 1 N–H and O–H groups in total. The lowest BCUT2D eigenvalue weighted by atomic mass is 10.0. The summed E-state index contributed by atoms with van der Waals surface area (Å²) in [6.07, 6.45) is 4.67. The molecule has 0 aliphatic rings. The fourth-order valence-electron chi connectivity index (χ4n) is 3.49. The Hall–Kier alpha value is -3.12. The topological polar surface area (TPSA) is 89.6 Å². The van der Waals surface area contributed by atoms with Crippen LogP contribution < -0.4 is 0 Å². The van der Waals surface area contributed by atoms with Gasteiger partial charge in [0.2, 0.25) is 0 Å². The first-order chi connectivity index (χ1) is 15.4. The minimum absolute atomic E-state index is 0.0406. The minimum Gasteiger partial charge on any atom is -0.481 e. The van der Waals surface area contributed by atoms with E-state index in [0.29, 0.717) is 22.7 Å². The van der Waals surface area contributed by atoms with Gasteiger partial charge in [0, 0.05) is 28.1 Å². The Balaban J connectivity index is 1.56. The number of halogens is 1. The number of hydrogen-bond donors (Lipinski definition) is 1. The molecule has 1 heterocycles. The highest BCUT2D eigenvalue weighted by atomic mass is 35.5. The zero-order valence-electron chi connectivity index (χ0n) is 17.9. The summed E-state index contributed by atoms with van der Waals surface area (Å²) in [5.41, 5.74) is 4.05. The van der Waals surface area contributed by atoms with Crippen LogP contribution in [0.4, 0.5) is 0 Å². The van der Waals surface area contributed by atoms with Crippen molar-refractivity contribution in [3.05, 3.63) is 76.5 Å². The number of carbonyl (C=O) groups excluding carboxylic acids is 1. The van der Waals surface area contributed by atoms with Gasteiger partial charge in [0.25, 0.3) is 0 Å². The van der Waals surface area contributed by atoms with Crippen molar-refractivity contribution < 1.29 is 24.0 Å². The molecule has 0 spiro atoms. The van der Waals surface area contributed by atoms with Gasteiger partial charge in [-0.2, -0.15) is 0 Å². The van der Waals surface area contributed by atoms with Gasteiger partial charge >= 0.3 is 11.9 Å². The summed E-state index contributed by atoms with van der Waals surface area (Å²) in [5, 5.41) is 13.3. The molecule has 0 fully saturated rings. The van der Waals surface area contributed by atoms with E-state index < -0.39 is 12.1 Å². The molecule has 0 aliphatic carbocycles. The van der Waals surface area contributed by atoms with E-state index in [2.05, 4.69) is 5.16 Å². The Morgan fingerprint density at radius 2 is 1.84 bits per heavy atom. The lowest BCUT2D eigenvalue weighted by Gasteiger charge is -2.14. The van der Waals surface area contributed by atoms with Gasteiger partial charge in [-0.05, 0) is 37.8 Å². The molecule has 168 valence electrons. The third-order valence-corrected chi connectivity index (χ3v) is 5.56. The predicted molar refractivity (Wildman–Crippen MR) is 121 cm³/mol. The number of benzene rings is 2. The highest BCUT2D eigenvalue weighted by molar-refractivity contribution is 6.31. The second kappa shape index (κ2) is 11.5. The highest BCUT2D eigenvalue weighted by Gasteiger charge is 2.18. The number of carboxylic acids is 1. The standard InChI is InChI=1S/C25H26ClNO5/c1-17(21-8-5-6-9-22(21)26)32-24(30)15-20-16-31-27-25(20)19-13-11-18(12-14-19)7-3-2-4-10-23(28)29/h5-6,8-9,11-14,16-17H,2-4,7,10,15H2,1H3,(H,28,29)/t17-/m1/s1. The number of ether oxygens (including phenoxy) is 1. The number of rotatable bonds is 11. The third-order valence-electron chi connectivity index (χ3n) is 5.21. The van der Waals surface area contributed by atoms with E-state index in [-0.39, 0.29) is 18.8 Å². The summed E-state index contributed by atoms with van der Waals surface area (Å²) in [5.74, 6) is -1.14. The zero-order valence-corrected chi connectivity index (χ0v) is 18.7. The molecule has 2 aromatic carbocycles. The summed E-state index contributed by atoms with van der Waals surface area (Å²) in [6.45, 7) is 1.79. The van der Waals surface area contributed by atoms with Gasteiger partial charge in [0.05, 0.1) is 6.42 Å². The number of aromatic nitrogens is 1. The number of aliphatic carboxylic acids is 1. The normalized spacial score (nSPS) is 11.8. The first-order valence-corrected chi connectivity index (χ1v) is 11.0. The summed E-state index contributed by atoms with van der Waals surface area (Å²) in [7, 11) is 0. The highest BCUT2D eigenvalue weighted by Crippen LogP contribution is 2.27. The molecular formula is C25H26ClNO5. The van der Waals surface area contributed by atoms with Gasteiger partial charge in [-0.15, -0.1) is 0 Å². The van der Waals surface area contributed by atoms with Crippen LogP contribution in [0.25, 0.3) is 11.3 Å². The molecule has 0 unspecified atom stereocenters. The van der Waals surface area contributed by atoms with Crippen molar-refractivity contribution in [2.24, 2.45) is 0 Å². The first-order valence-electron chi connectivity index (χ1n) is 10.6. The van der Waals surface area contributed by atoms with Gasteiger partial charge in [-0.3, -0.25) is 9.59 Å². The molecule has 32 heavy (non-hydrogen) atoms. The molecule has 1 atom stereocenters. The van der Waals surface area contributed by atoms with Crippen molar-refractivity contribution in [3.63, 3.8) is 0 Å². The van der Waals surface area contributed by atoms with Crippen molar-refractivity contribution in [1.29, 1.82) is 0 Å². The molecule has 7 heteroatoms. The van der Waals surface area contributed by atoms with E-state index in [1.54, 1.807) is 13.0 Å². The van der Waals surface area contributed by atoms with Crippen molar-refractivity contribution in [2.75, 3.05) is 0 Å². The molecular weight excluding hydrogens is 430 g/mol. The van der Waals surface area contributed by atoms with Crippen molar-refractivity contribution in [3.8, 4) is 11.3 Å². The van der Waals surface area contributed by atoms with Crippen LogP contribution in [0.15, 0.2) is 59.3 Å². The van der Waals surface area contributed by atoms with Crippen molar-refractivity contribution in [2.45, 2.75) is 51.6 Å². The molecule has 0 amide bonds. The van der Waals surface area contributed by atoms with Crippen LogP contribution in [-0.2, 0) is 27.2 Å². The summed E-state index contributed by atoms with van der Waals surface area (Å²) in [4.78, 5) is 23.0. The number of hydrogen-bond acceptors (Lipinski definition) is 5. The quantitative estimate of drug-likeness (QED) is 0.280. The molecule has 3 aromatic rings. The maximum Gasteiger partial charge on any atom is 0.311 e. The monoisotopic (exact) mass is 455 g/mol. The zero-order chi connectivity index (χ0) is 22.9. The Bertz CT molecular complexity index is 1040. The average Bonchev–Trinajstić information content (AvgIpc) is 3.21. The molecule has 1 aromatic heterocycles. The van der Waals surface area contributed by atoms with Gasteiger partial charge in [-0.25, -0.2) is 0 Å². The fourth-order valence-corrected chi connectivity index (χ4v) is 3.78. The van der Waals surface area contributed by atoms with Crippen molar-refractivity contribution >= 4 is 23.5 Å². The molecule has 0 radical (unpaired) electrons.